The van der Waals surface area contributed by atoms with Gasteiger partial charge in [-0.15, -0.1) is 0 Å². The number of carboxylic acids is 1. The molecule has 1 rings (SSSR count). The molecule has 30 heavy (non-hydrogen) atoms. The molecule has 1 aliphatic heterocycles. The van der Waals surface area contributed by atoms with Gasteiger partial charge in [-0.25, -0.2) is 9.59 Å². The molecule has 0 bridgehead atoms. The van der Waals surface area contributed by atoms with E-state index in [0.29, 0.717) is 5.75 Å². The number of carboxylic acid groups (broad SMARTS) is 1. The molecule has 2 N–H and O–H groups in total. The number of carbonyl (C=O) groups is 2. The molecule has 1 saturated heterocycles. The number of allylic oxidation sites excluding steroid dienone is 5. The number of likely N-dealkylation sites (tertiary alicyclic amines) is 1. The first kappa shape index (κ1) is 26.3. The number of hydrogen-bond acceptors (Lipinski definition) is 3. The average molecular weight is 437 g/mol. The molecule has 0 spiro atoms. The fraction of sp³-hybridized carbons (Fsp3) is 0.667. The van der Waals surface area contributed by atoms with Crippen molar-refractivity contribution < 1.29 is 14.7 Å². The molecule has 1 heterocycles. The second-order valence-electron chi connectivity index (χ2n) is 8.39. The smallest absolute Gasteiger partial charge is 0.327 e. The third-order valence-electron chi connectivity index (χ3n) is 5.20. The number of rotatable bonds is 12. The quantitative estimate of drug-likeness (QED) is 0.300. The van der Waals surface area contributed by atoms with E-state index >= 15 is 0 Å². The summed E-state index contributed by atoms with van der Waals surface area (Å²) in [6.45, 7) is 10.0. The van der Waals surface area contributed by atoms with Crippen LogP contribution in [0.15, 0.2) is 34.9 Å². The summed E-state index contributed by atoms with van der Waals surface area (Å²) < 4.78 is 0. The lowest BCUT2D eigenvalue weighted by Crippen LogP contribution is -2.50. The second-order valence-corrected chi connectivity index (χ2v) is 9.46. The molecule has 5 nitrogen and oxygen atoms in total. The number of nitrogens with one attached hydrogen (secondary N) is 1. The predicted molar refractivity (Wildman–Crippen MR) is 128 cm³/mol. The normalized spacial score (nSPS) is 16.2. The third kappa shape index (κ3) is 12.1. The summed E-state index contributed by atoms with van der Waals surface area (Å²) >= 11 is 1.55. The Morgan fingerprint density at radius 2 is 1.57 bits per heavy atom. The van der Waals surface area contributed by atoms with Gasteiger partial charge in [0.15, 0.2) is 0 Å². The first-order valence-corrected chi connectivity index (χ1v) is 12.3. The summed E-state index contributed by atoms with van der Waals surface area (Å²) in [6.07, 6.45) is 14.2. The highest BCUT2D eigenvalue weighted by molar-refractivity contribution is 7.99. The van der Waals surface area contributed by atoms with Gasteiger partial charge in [-0.05, 0) is 72.6 Å². The molecule has 0 radical (unpaired) electrons. The van der Waals surface area contributed by atoms with E-state index < -0.39 is 12.0 Å². The Kier molecular flexibility index (Phi) is 13.3. The van der Waals surface area contributed by atoms with E-state index in [2.05, 4.69) is 51.2 Å². The van der Waals surface area contributed by atoms with E-state index in [0.717, 1.165) is 63.8 Å². The lowest BCUT2D eigenvalue weighted by Gasteiger charge is -2.28. The van der Waals surface area contributed by atoms with Crippen LogP contribution in [-0.4, -0.2) is 52.6 Å². The average Bonchev–Trinajstić information content (AvgIpc) is 2.70. The van der Waals surface area contributed by atoms with Crippen molar-refractivity contribution in [2.24, 2.45) is 0 Å². The van der Waals surface area contributed by atoms with Crippen molar-refractivity contribution in [1.29, 1.82) is 0 Å². The molecule has 1 aliphatic rings. The van der Waals surface area contributed by atoms with Crippen LogP contribution in [0, 0.1) is 0 Å². The fourth-order valence-electron chi connectivity index (χ4n) is 3.24. The molecule has 1 atom stereocenters. The maximum absolute atomic E-state index is 12.2. The fourth-order valence-corrected chi connectivity index (χ4v) is 4.24. The third-order valence-corrected chi connectivity index (χ3v) is 6.17. The Morgan fingerprint density at radius 3 is 2.17 bits per heavy atom. The molecular formula is C24H40N2O3S. The monoisotopic (exact) mass is 436 g/mol. The second kappa shape index (κ2) is 15.2. The topological polar surface area (TPSA) is 69.6 Å². The Hall–Kier alpha value is -1.69. The maximum atomic E-state index is 12.2. The van der Waals surface area contributed by atoms with Crippen molar-refractivity contribution in [3.63, 3.8) is 0 Å². The zero-order valence-corrected chi connectivity index (χ0v) is 20.0. The van der Waals surface area contributed by atoms with Crippen LogP contribution >= 0.6 is 11.8 Å². The van der Waals surface area contributed by atoms with E-state index in [1.807, 2.05) is 0 Å². The van der Waals surface area contributed by atoms with Gasteiger partial charge in [0.2, 0.25) is 0 Å². The van der Waals surface area contributed by atoms with Gasteiger partial charge in [-0.3, -0.25) is 0 Å². The minimum absolute atomic E-state index is 0.249. The molecule has 0 aromatic rings. The molecule has 0 aliphatic carbocycles. The van der Waals surface area contributed by atoms with Gasteiger partial charge in [-0.2, -0.15) is 11.8 Å². The Balaban J connectivity index is 2.30. The van der Waals surface area contributed by atoms with Crippen LogP contribution in [0.4, 0.5) is 4.79 Å². The Bertz CT molecular complexity index is 630. The lowest BCUT2D eigenvalue weighted by molar-refractivity contribution is -0.138. The molecule has 170 valence electrons. The van der Waals surface area contributed by atoms with Crippen LogP contribution in [-0.2, 0) is 4.79 Å². The number of thioether (sulfide) groups is 1. The maximum Gasteiger partial charge on any atom is 0.327 e. The molecule has 0 unspecified atom stereocenters. The minimum atomic E-state index is -0.970. The van der Waals surface area contributed by atoms with Crippen molar-refractivity contribution in [2.75, 3.05) is 24.6 Å². The van der Waals surface area contributed by atoms with Gasteiger partial charge in [0.1, 0.15) is 6.04 Å². The van der Waals surface area contributed by atoms with Gasteiger partial charge in [0.25, 0.3) is 0 Å². The molecule has 6 heteroatoms. The molecule has 0 saturated carbocycles. The van der Waals surface area contributed by atoms with Crippen molar-refractivity contribution >= 4 is 23.8 Å². The Labute approximate surface area is 187 Å². The highest BCUT2D eigenvalue weighted by atomic mass is 32.2. The number of aliphatic carboxylic acids is 1. The van der Waals surface area contributed by atoms with Crippen molar-refractivity contribution in [2.45, 2.75) is 78.7 Å². The van der Waals surface area contributed by atoms with Gasteiger partial charge in [0, 0.05) is 24.6 Å². The zero-order valence-electron chi connectivity index (χ0n) is 19.2. The molecule has 2 amide bonds. The number of carbonyl (C=O) groups excluding carboxylic acids is 1. The largest absolute Gasteiger partial charge is 0.480 e. The summed E-state index contributed by atoms with van der Waals surface area (Å²) in [5.41, 5.74) is 4.12. The van der Waals surface area contributed by atoms with Crippen LogP contribution in [0.3, 0.4) is 0 Å². The summed E-state index contributed by atoms with van der Waals surface area (Å²) in [6, 6.07) is -1.09. The van der Waals surface area contributed by atoms with Crippen LogP contribution in [0.5, 0.6) is 0 Å². The summed E-state index contributed by atoms with van der Waals surface area (Å²) in [7, 11) is 0. The standard InChI is InChI=1S/C24H40N2O3S/c1-19(2)10-8-11-20(3)12-9-13-21(4)14-17-30-18-22(23(27)28)25-24(29)26-15-6-5-7-16-26/h10,12,14,22H,5-9,11,13,15-18H2,1-4H3,(H,25,29)(H,27,28)/b20-12+,21-14+/t22-/m0/s1. The van der Waals surface area contributed by atoms with E-state index in [1.165, 1.54) is 16.7 Å². The van der Waals surface area contributed by atoms with Crippen molar-refractivity contribution in [1.82, 2.24) is 10.2 Å². The number of piperidine rings is 1. The number of nitrogens with zero attached hydrogens (tertiary/aromatic N) is 1. The van der Waals surface area contributed by atoms with Crippen molar-refractivity contribution in [3.8, 4) is 0 Å². The molecule has 1 fully saturated rings. The first-order chi connectivity index (χ1) is 14.3. The minimum Gasteiger partial charge on any atom is -0.480 e. The number of urea groups is 1. The van der Waals surface area contributed by atoms with E-state index in [4.69, 9.17) is 0 Å². The van der Waals surface area contributed by atoms with Gasteiger partial charge in [-0.1, -0.05) is 34.9 Å². The zero-order chi connectivity index (χ0) is 22.4. The van der Waals surface area contributed by atoms with Crippen LogP contribution in [0.1, 0.15) is 72.6 Å². The number of hydrogen-bond donors (Lipinski definition) is 2. The summed E-state index contributed by atoms with van der Waals surface area (Å²) in [4.78, 5) is 25.5. The lowest BCUT2D eigenvalue weighted by atomic mass is 10.1. The molecule has 0 aromatic carbocycles. The highest BCUT2D eigenvalue weighted by Crippen LogP contribution is 2.14. The van der Waals surface area contributed by atoms with Crippen molar-refractivity contribution in [3.05, 3.63) is 34.9 Å². The van der Waals surface area contributed by atoms with Gasteiger partial charge >= 0.3 is 12.0 Å². The SMILES string of the molecule is CC(C)=CCC/C(C)=C/CC/C(C)=C/CSC[C@H](NC(=O)N1CCCCC1)C(=O)O. The van der Waals surface area contributed by atoms with Gasteiger partial charge < -0.3 is 15.3 Å². The number of amides is 2. The van der Waals surface area contributed by atoms with E-state index in [-0.39, 0.29) is 6.03 Å². The molecular weight excluding hydrogens is 396 g/mol. The summed E-state index contributed by atoms with van der Waals surface area (Å²) in [5.74, 6) is 0.169. The van der Waals surface area contributed by atoms with E-state index in [1.54, 1.807) is 16.7 Å². The molecule has 0 aromatic heterocycles. The highest BCUT2D eigenvalue weighted by Gasteiger charge is 2.23. The van der Waals surface area contributed by atoms with Crippen LogP contribution < -0.4 is 5.32 Å². The van der Waals surface area contributed by atoms with Crippen LogP contribution in [0.25, 0.3) is 0 Å². The van der Waals surface area contributed by atoms with Crippen LogP contribution in [0.2, 0.25) is 0 Å². The Morgan fingerprint density at radius 1 is 0.967 bits per heavy atom. The first-order valence-electron chi connectivity index (χ1n) is 11.1. The predicted octanol–water partition coefficient (Wildman–Crippen LogP) is 5.79. The van der Waals surface area contributed by atoms with E-state index in [9.17, 15) is 14.7 Å². The van der Waals surface area contributed by atoms with Gasteiger partial charge in [0.05, 0.1) is 0 Å². The summed E-state index contributed by atoms with van der Waals surface area (Å²) in [5, 5.41) is 12.1.